The minimum atomic E-state index is -0.142. The van der Waals surface area contributed by atoms with Crippen molar-refractivity contribution in [3.05, 3.63) is 87.3 Å². The van der Waals surface area contributed by atoms with Gasteiger partial charge in [0.05, 0.1) is 39.2 Å². The largest absolute Gasteiger partial charge is 0.396 e. The fourth-order valence-electron chi connectivity index (χ4n) is 5.34. The highest BCUT2D eigenvalue weighted by molar-refractivity contribution is 6.30. The molecule has 9 heteroatoms. The Bertz CT molecular complexity index is 1490. The van der Waals surface area contributed by atoms with E-state index in [0.717, 1.165) is 48.1 Å². The lowest BCUT2D eigenvalue weighted by Gasteiger charge is -2.29. The summed E-state index contributed by atoms with van der Waals surface area (Å²) in [5.74, 6) is 0.199. The van der Waals surface area contributed by atoms with Crippen molar-refractivity contribution in [3.63, 3.8) is 0 Å². The van der Waals surface area contributed by atoms with E-state index in [-0.39, 0.29) is 24.2 Å². The van der Waals surface area contributed by atoms with Crippen LogP contribution in [0, 0.1) is 12.8 Å². The maximum absolute atomic E-state index is 13.6. The van der Waals surface area contributed by atoms with Gasteiger partial charge >= 0.3 is 5.69 Å². The number of aryl methyl sites for hydroxylation is 2. The van der Waals surface area contributed by atoms with Crippen molar-refractivity contribution < 1.29 is 9.90 Å². The zero-order valence-electron chi connectivity index (χ0n) is 21.4. The second-order valence-electron chi connectivity index (χ2n) is 10.0. The zero-order valence-corrected chi connectivity index (χ0v) is 22.2. The minimum absolute atomic E-state index is 0.0736. The first-order valence-corrected chi connectivity index (χ1v) is 13.5. The highest BCUT2D eigenvalue weighted by Crippen LogP contribution is 2.28. The van der Waals surface area contributed by atoms with Crippen molar-refractivity contribution in [2.75, 3.05) is 6.61 Å². The molecule has 5 rings (SSSR count). The van der Waals surface area contributed by atoms with Gasteiger partial charge in [-0.25, -0.2) is 4.79 Å². The molecule has 3 aromatic heterocycles. The summed E-state index contributed by atoms with van der Waals surface area (Å²) in [5.41, 5.74) is 4.48. The average Bonchev–Trinajstić information content (AvgIpc) is 3.21. The molecule has 3 heterocycles. The zero-order chi connectivity index (χ0) is 26.6. The average molecular weight is 534 g/mol. The van der Waals surface area contributed by atoms with Crippen LogP contribution in [0.5, 0.6) is 0 Å². The van der Waals surface area contributed by atoms with E-state index in [0.29, 0.717) is 41.6 Å². The number of benzene rings is 1. The molecule has 0 unspecified atom stereocenters. The van der Waals surface area contributed by atoms with Crippen LogP contribution in [0.4, 0.5) is 0 Å². The number of aromatic nitrogens is 4. The van der Waals surface area contributed by atoms with Gasteiger partial charge in [0.25, 0.3) is 5.91 Å². The Balaban J connectivity index is 1.29. The Morgan fingerprint density at radius 3 is 2.55 bits per heavy atom. The monoisotopic (exact) mass is 533 g/mol. The second-order valence-corrected chi connectivity index (χ2v) is 10.5. The van der Waals surface area contributed by atoms with Crippen LogP contribution in [-0.4, -0.2) is 42.8 Å². The number of carbonyl (C=O) groups is 1. The molecular formula is C29H32ClN5O3. The molecule has 1 aromatic carbocycles. The molecule has 1 aliphatic rings. The molecule has 1 saturated carbocycles. The van der Waals surface area contributed by atoms with Crippen LogP contribution in [-0.2, 0) is 13.0 Å². The van der Waals surface area contributed by atoms with Crippen molar-refractivity contribution in [1.82, 2.24) is 24.4 Å². The topological polar surface area (TPSA) is 102 Å². The lowest BCUT2D eigenvalue weighted by atomic mass is 9.85. The SMILES string of the molecule is Cc1ncc(Cl)cc1C(=O)NC1CCC(Cn2c(=O)n(-c3ccc(CCCO)nc3)c3ccccc32)CC1. The molecule has 0 radical (unpaired) electrons. The molecule has 38 heavy (non-hydrogen) atoms. The van der Waals surface area contributed by atoms with Gasteiger partial charge in [0.15, 0.2) is 0 Å². The molecule has 0 aliphatic heterocycles. The molecule has 0 bridgehead atoms. The van der Waals surface area contributed by atoms with Crippen molar-refractivity contribution in [3.8, 4) is 5.69 Å². The van der Waals surface area contributed by atoms with Gasteiger partial charge in [-0.05, 0) is 81.7 Å². The number of hydrogen-bond acceptors (Lipinski definition) is 5. The van der Waals surface area contributed by atoms with Crippen LogP contribution in [0.1, 0.15) is 53.8 Å². The predicted molar refractivity (Wildman–Crippen MR) is 148 cm³/mol. The summed E-state index contributed by atoms with van der Waals surface area (Å²) in [6.45, 7) is 2.56. The lowest BCUT2D eigenvalue weighted by Crippen LogP contribution is -2.39. The van der Waals surface area contributed by atoms with Gasteiger partial charge in [-0.2, -0.15) is 0 Å². The summed E-state index contributed by atoms with van der Waals surface area (Å²) in [6.07, 6.45) is 8.20. The molecule has 0 spiro atoms. The van der Waals surface area contributed by atoms with Crippen LogP contribution < -0.4 is 11.0 Å². The summed E-state index contributed by atoms with van der Waals surface area (Å²) in [7, 11) is 0. The highest BCUT2D eigenvalue weighted by atomic mass is 35.5. The van der Waals surface area contributed by atoms with Gasteiger partial charge in [-0.3, -0.25) is 23.9 Å². The van der Waals surface area contributed by atoms with Gasteiger partial charge in [0, 0.05) is 31.1 Å². The van der Waals surface area contributed by atoms with E-state index >= 15 is 0 Å². The molecule has 4 aromatic rings. The third-order valence-electron chi connectivity index (χ3n) is 7.41. The second kappa shape index (κ2) is 11.5. The Morgan fingerprint density at radius 2 is 1.84 bits per heavy atom. The first-order valence-electron chi connectivity index (χ1n) is 13.1. The van der Waals surface area contributed by atoms with Crippen molar-refractivity contribution in [2.24, 2.45) is 5.92 Å². The highest BCUT2D eigenvalue weighted by Gasteiger charge is 2.25. The molecule has 1 amide bonds. The Hall–Kier alpha value is -3.49. The molecule has 198 valence electrons. The number of carbonyl (C=O) groups excluding carboxylic acids is 1. The number of nitrogens with zero attached hydrogens (tertiary/aromatic N) is 4. The molecular weight excluding hydrogens is 502 g/mol. The predicted octanol–water partition coefficient (Wildman–Crippen LogP) is 4.46. The smallest absolute Gasteiger partial charge is 0.333 e. The summed E-state index contributed by atoms with van der Waals surface area (Å²) in [5, 5.41) is 12.7. The fourth-order valence-corrected chi connectivity index (χ4v) is 5.50. The van der Waals surface area contributed by atoms with Gasteiger partial charge < -0.3 is 10.4 Å². The summed E-state index contributed by atoms with van der Waals surface area (Å²) < 4.78 is 3.60. The molecule has 0 atom stereocenters. The molecule has 8 nitrogen and oxygen atoms in total. The third kappa shape index (κ3) is 5.51. The van der Waals surface area contributed by atoms with Crippen molar-refractivity contribution in [1.29, 1.82) is 0 Å². The summed E-state index contributed by atoms with van der Waals surface area (Å²) >= 11 is 6.04. The number of nitrogens with one attached hydrogen (secondary N) is 1. The van der Waals surface area contributed by atoms with Gasteiger partial charge in [0.1, 0.15) is 0 Å². The molecule has 0 saturated heterocycles. The number of amides is 1. The number of aliphatic hydroxyl groups excluding tert-OH is 1. The summed E-state index contributed by atoms with van der Waals surface area (Å²) in [4.78, 5) is 35.1. The van der Waals surface area contributed by atoms with E-state index < -0.39 is 0 Å². The first-order chi connectivity index (χ1) is 18.4. The van der Waals surface area contributed by atoms with Crippen LogP contribution in [0.2, 0.25) is 5.02 Å². The maximum atomic E-state index is 13.6. The van der Waals surface area contributed by atoms with E-state index in [4.69, 9.17) is 16.7 Å². The Labute approximate surface area is 226 Å². The van der Waals surface area contributed by atoms with E-state index in [1.165, 1.54) is 0 Å². The molecule has 1 aliphatic carbocycles. The minimum Gasteiger partial charge on any atom is -0.396 e. The van der Waals surface area contributed by atoms with E-state index in [1.807, 2.05) is 41.0 Å². The molecule has 2 N–H and O–H groups in total. The first kappa shape index (κ1) is 26.1. The van der Waals surface area contributed by atoms with Crippen LogP contribution in [0.3, 0.4) is 0 Å². The number of imidazole rings is 1. The quantitative estimate of drug-likeness (QED) is 0.348. The number of halogens is 1. The van der Waals surface area contributed by atoms with Crippen molar-refractivity contribution in [2.45, 2.75) is 58.0 Å². The number of pyridine rings is 2. The van der Waals surface area contributed by atoms with E-state index in [2.05, 4.69) is 15.3 Å². The fraction of sp³-hybridized carbons (Fsp3) is 0.379. The normalized spacial score (nSPS) is 17.6. The maximum Gasteiger partial charge on any atom is 0.333 e. The van der Waals surface area contributed by atoms with Gasteiger partial charge in [0.2, 0.25) is 0 Å². The number of para-hydroxylation sites is 2. The Kier molecular flexibility index (Phi) is 7.90. The third-order valence-corrected chi connectivity index (χ3v) is 7.62. The number of rotatable bonds is 8. The number of fused-ring (bicyclic) bond motifs is 1. The van der Waals surface area contributed by atoms with Crippen LogP contribution >= 0.6 is 11.6 Å². The number of aliphatic hydroxyl groups is 1. The van der Waals surface area contributed by atoms with E-state index in [1.54, 1.807) is 30.0 Å². The lowest BCUT2D eigenvalue weighted by molar-refractivity contribution is 0.0919. The standard InChI is InChI=1S/C29H32ClN5O3/c1-19-25(15-21(30)16-31-19)28(37)33-23-10-8-20(9-11-23)18-34-26-6-2-3-7-27(26)35(29(34)38)24-13-12-22(32-17-24)5-4-14-36/h2-3,6-7,12-13,15-17,20,23,36H,4-5,8-11,14,18H2,1H3,(H,33,37). The van der Waals surface area contributed by atoms with Crippen molar-refractivity contribution >= 4 is 28.5 Å². The van der Waals surface area contributed by atoms with Gasteiger partial charge in [-0.1, -0.05) is 23.7 Å². The van der Waals surface area contributed by atoms with Gasteiger partial charge in [-0.15, -0.1) is 0 Å². The van der Waals surface area contributed by atoms with Crippen LogP contribution in [0.25, 0.3) is 16.7 Å². The van der Waals surface area contributed by atoms with E-state index in [9.17, 15) is 9.59 Å². The molecule has 1 fully saturated rings. The summed E-state index contributed by atoms with van der Waals surface area (Å²) in [6, 6.07) is 13.4. The number of hydrogen-bond donors (Lipinski definition) is 2. The van der Waals surface area contributed by atoms with Crippen LogP contribution in [0.15, 0.2) is 59.7 Å². The Morgan fingerprint density at radius 1 is 1.08 bits per heavy atom.